The fourth-order valence-corrected chi connectivity index (χ4v) is 9.35. The number of alkyl halides is 5. The number of carboxylic acids is 1. The standard InChI is InChI=1S/C29H32BrF2N3O4S2.C2HF3O2/c30-19-8-6-18(7-9-19)29(31,32)27(28(36)35-21-10-11-22(35)15-20(33)14-21)34-41(37,38)26-13-17-5-12-24(16-25(17)40-26)39-23-3-1-2-4-23;3-2(4,5)1(6)7/h5-9,12-13,16,20-23,27,34H,1-4,10-11,14-15,33H2;(H,6,7)/t20?,21?,22?,27-;/m0./s1. The number of carbonyl (C=O) groups excluding carboxylic acids is 1. The number of hydrogen-bond donors (Lipinski definition) is 3. The molecule has 17 heteroatoms. The van der Waals surface area contributed by atoms with Gasteiger partial charge >= 0.3 is 12.1 Å². The van der Waals surface area contributed by atoms with Gasteiger partial charge in [0.05, 0.1) is 6.10 Å². The summed E-state index contributed by atoms with van der Waals surface area (Å²) in [6.07, 6.45) is 1.61. The van der Waals surface area contributed by atoms with Gasteiger partial charge in [-0.2, -0.15) is 26.7 Å². The summed E-state index contributed by atoms with van der Waals surface area (Å²) >= 11 is 4.21. The van der Waals surface area contributed by atoms with Crippen molar-refractivity contribution in [3.63, 3.8) is 0 Å². The maximum atomic E-state index is 16.2. The molecule has 3 aromatic rings. The Kier molecular flexibility index (Phi) is 10.8. The van der Waals surface area contributed by atoms with Gasteiger partial charge in [-0.25, -0.2) is 13.2 Å². The highest BCUT2D eigenvalue weighted by atomic mass is 79.9. The highest BCUT2D eigenvalue weighted by Gasteiger charge is 2.53. The van der Waals surface area contributed by atoms with Crippen LogP contribution in [0, 0.1) is 0 Å². The lowest BCUT2D eigenvalue weighted by molar-refractivity contribution is -0.192. The number of nitrogens with zero attached hydrogens (tertiary/aromatic N) is 1. The van der Waals surface area contributed by atoms with E-state index in [0.29, 0.717) is 46.0 Å². The third-order valence-electron chi connectivity index (χ3n) is 8.72. The van der Waals surface area contributed by atoms with E-state index in [-0.39, 0.29) is 28.4 Å². The first-order valence-electron chi connectivity index (χ1n) is 15.2. The van der Waals surface area contributed by atoms with Gasteiger partial charge in [0, 0.05) is 32.9 Å². The first kappa shape index (κ1) is 36.4. The molecule has 1 saturated carbocycles. The second-order valence-corrected chi connectivity index (χ2v) is 16.1. The molecule has 3 aliphatic rings. The summed E-state index contributed by atoms with van der Waals surface area (Å²) in [5.41, 5.74) is 5.70. The third kappa shape index (κ3) is 8.12. The number of nitrogens with two attached hydrogens (primary N) is 1. The van der Waals surface area contributed by atoms with Crippen LogP contribution in [-0.2, 0) is 25.5 Å². The van der Waals surface area contributed by atoms with E-state index in [4.69, 9.17) is 20.4 Å². The van der Waals surface area contributed by atoms with Crippen LogP contribution in [0.1, 0.15) is 56.9 Å². The van der Waals surface area contributed by atoms with Gasteiger partial charge in [-0.1, -0.05) is 28.1 Å². The van der Waals surface area contributed by atoms with Crippen molar-refractivity contribution in [2.45, 2.75) is 97.9 Å². The Balaban J connectivity index is 0.000000582. The molecule has 1 amide bonds. The van der Waals surface area contributed by atoms with Gasteiger partial charge < -0.3 is 20.5 Å². The molecule has 48 heavy (non-hydrogen) atoms. The summed E-state index contributed by atoms with van der Waals surface area (Å²) in [4.78, 5) is 24.3. The summed E-state index contributed by atoms with van der Waals surface area (Å²) in [6.45, 7) is 0. The molecule has 2 aromatic carbocycles. The maximum Gasteiger partial charge on any atom is 0.490 e. The average molecular weight is 783 g/mol. The maximum absolute atomic E-state index is 16.2. The van der Waals surface area contributed by atoms with E-state index >= 15 is 8.78 Å². The number of piperidine rings is 1. The van der Waals surface area contributed by atoms with Crippen molar-refractivity contribution in [3.05, 3.63) is 58.6 Å². The van der Waals surface area contributed by atoms with Crippen LogP contribution in [0.4, 0.5) is 22.0 Å². The second kappa shape index (κ2) is 14.2. The summed E-state index contributed by atoms with van der Waals surface area (Å²) in [5, 5.41) is 7.78. The molecule has 2 aliphatic heterocycles. The number of fused-ring (bicyclic) bond motifs is 3. The van der Waals surface area contributed by atoms with Crippen LogP contribution >= 0.6 is 27.3 Å². The highest BCUT2D eigenvalue weighted by Crippen LogP contribution is 2.41. The molecule has 4 N–H and O–H groups in total. The van der Waals surface area contributed by atoms with E-state index in [0.717, 1.165) is 37.0 Å². The molecule has 0 radical (unpaired) electrons. The Labute approximate surface area is 285 Å². The van der Waals surface area contributed by atoms with E-state index in [1.165, 1.54) is 35.2 Å². The molecule has 2 bridgehead atoms. The zero-order valence-corrected chi connectivity index (χ0v) is 28.5. The lowest BCUT2D eigenvalue weighted by Crippen LogP contribution is -2.60. The second-order valence-electron chi connectivity index (χ2n) is 12.1. The number of carbonyl (C=O) groups is 2. The van der Waals surface area contributed by atoms with Crippen molar-refractivity contribution in [3.8, 4) is 5.75 Å². The smallest absolute Gasteiger partial charge is 0.490 e. The van der Waals surface area contributed by atoms with Gasteiger partial charge in [0.2, 0.25) is 5.91 Å². The van der Waals surface area contributed by atoms with Gasteiger partial charge in [-0.05, 0) is 93.2 Å². The number of benzene rings is 2. The largest absolute Gasteiger partial charge is 0.490 e. The number of ether oxygens (including phenoxy) is 1. The molecule has 9 nitrogen and oxygen atoms in total. The van der Waals surface area contributed by atoms with E-state index in [1.54, 1.807) is 18.2 Å². The number of nitrogens with one attached hydrogen (secondary N) is 1. The SMILES string of the molecule is NC1CC2CCC(C1)N2C(=O)[C@H](NS(=O)(=O)c1cc2ccc(OC3CCCC3)cc2s1)C(F)(F)c1ccc(Br)cc1.O=C(O)C(F)(F)F. The van der Waals surface area contributed by atoms with Crippen LogP contribution in [0.5, 0.6) is 5.75 Å². The highest BCUT2D eigenvalue weighted by molar-refractivity contribution is 9.10. The predicted octanol–water partition coefficient (Wildman–Crippen LogP) is 6.54. The first-order valence-corrected chi connectivity index (χ1v) is 18.3. The van der Waals surface area contributed by atoms with E-state index in [1.807, 2.05) is 0 Å². The van der Waals surface area contributed by atoms with Crippen molar-refractivity contribution in [2.75, 3.05) is 0 Å². The Morgan fingerprint density at radius 3 is 2.12 bits per heavy atom. The van der Waals surface area contributed by atoms with Crippen molar-refractivity contribution < 1.29 is 49.8 Å². The van der Waals surface area contributed by atoms with Crippen LogP contribution in [0.25, 0.3) is 10.1 Å². The molecule has 0 spiro atoms. The quantitative estimate of drug-likeness (QED) is 0.221. The number of halogens is 6. The third-order valence-corrected chi connectivity index (χ3v) is 12.2. The Morgan fingerprint density at radius 1 is 0.979 bits per heavy atom. The Bertz CT molecular complexity index is 1740. The number of hydrogen-bond acceptors (Lipinski definition) is 7. The molecular weight excluding hydrogens is 749 g/mol. The summed E-state index contributed by atoms with van der Waals surface area (Å²) in [6, 6.07) is 9.08. The molecular formula is C31H33BrF5N3O6S2. The molecule has 2 unspecified atom stereocenters. The summed E-state index contributed by atoms with van der Waals surface area (Å²) in [5.74, 6) is -6.85. The predicted molar refractivity (Wildman–Crippen MR) is 171 cm³/mol. The fraction of sp³-hybridized carbons (Fsp3) is 0.484. The number of amides is 1. The molecule has 2 saturated heterocycles. The zero-order chi connectivity index (χ0) is 35.0. The normalized spacial score (nSPS) is 22.3. The number of thiophene rings is 1. The minimum atomic E-state index is -5.08. The van der Waals surface area contributed by atoms with Crippen LogP contribution in [-0.4, -0.2) is 66.7 Å². The molecule has 1 aliphatic carbocycles. The minimum absolute atomic E-state index is 0.111. The topological polar surface area (TPSA) is 139 Å². The number of sulfonamides is 1. The van der Waals surface area contributed by atoms with Gasteiger partial charge in [0.25, 0.3) is 15.9 Å². The molecule has 6 rings (SSSR count). The van der Waals surface area contributed by atoms with Crippen molar-refractivity contribution in [1.29, 1.82) is 0 Å². The van der Waals surface area contributed by atoms with Crippen LogP contribution < -0.4 is 15.2 Å². The van der Waals surface area contributed by atoms with Crippen molar-refractivity contribution in [2.24, 2.45) is 5.73 Å². The first-order chi connectivity index (χ1) is 22.5. The molecule has 262 valence electrons. The molecule has 3 atom stereocenters. The van der Waals surface area contributed by atoms with Gasteiger partial charge in [-0.15, -0.1) is 11.3 Å². The average Bonchev–Trinajstić information content (AvgIpc) is 3.74. The van der Waals surface area contributed by atoms with Gasteiger partial charge in [0.1, 0.15) is 9.96 Å². The Hall–Kier alpha value is -2.86. The summed E-state index contributed by atoms with van der Waals surface area (Å²) < 4.78 is 101. The minimum Gasteiger partial charge on any atom is -0.490 e. The number of rotatable bonds is 8. The van der Waals surface area contributed by atoms with Crippen LogP contribution in [0.3, 0.4) is 0 Å². The zero-order valence-electron chi connectivity index (χ0n) is 25.3. The van der Waals surface area contributed by atoms with E-state index in [9.17, 15) is 26.4 Å². The van der Waals surface area contributed by atoms with Crippen molar-refractivity contribution >= 4 is 59.3 Å². The lowest BCUT2D eigenvalue weighted by atomic mass is 9.95. The monoisotopic (exact) mass is 781 g/mol. The number of aliphatic carboxylic acids is 1. The molecule has 3 heterocycles. The lowest BCUT2D eigenvalue weighted by Gasteiger charge is -2.40. The van der Waals surface area contributed by atoms with Crippen molar-refractivity contribution in [1.82, 2.24) is 9.62 Å². The molecule has 1 aromatic heterocycles. The van der Waals surface area contributed by atoms with E-state index in [2.05, 4.69) is 20.7 Å². The molecule has 3 fully saturated rings. The van der Waals surface area contributed by atoms with Crippen LogP contribution in [0.2, 0.25) is 0 Å². The van der Waals surface area contributed by atoms with Gasteiger partial charge in [-0.3, -0.25) is 4.79 Å². The number of carboxylic acid groups (broad SMARTS) is 1. The van der Waals surface area contributed by atoms with Gasteiger partial charge in [0.15, 0.2) is 6.04 Å². The Morgan fingerprint density at radius 2 is 1.56 bits per heavy atom. The van der Waals surface area contributed by atoms with E-state index < -0.39 is 45.6 Å². The van der Waals surface area contributed by atoms with Crippen LogP contribution in [0.15, 0.2) is 57.2 Å². The summed E-state index contributed by atoms with van der Waals surface area (Å²) in [7, 11) is -4.50. The fourth-order valence-electron chi connectivity index (χ4n) is 6.45.